The van der Waals surface area contributed by atoms with Crippen molar-refractivity contribution in [2.75, 3.05) is 0 Å². The van der Waals surface area contributed by atoms with E-state index in [1.165, 1.54) is 0 Å². The second-order valence-electron chi connectivity index (χ2n) is 6.53. The molecule has 132 valence electrons. The van der Waals surface area contributed by atoms with Crippen molar-refractivity contribution in [1.82, 2.24) is 0 Å². The van der Waals surface area contributed by atoms with Gasteiger partial charge in [-0.05, 0) is 31.9 Å². The Bertz CT molecular complexity index is 668. The fourth-order valence-electron chi connectivity index (χ4n) is 2.21. The van der Waals surface area contributed by atoms with Crippen molar-refractivity contribution in [3.63, 3.8) is 0 Å². The third-order valence-corrected chi connectivity index (χ3v) is 3.26. The van der Waals surface area contributed by atoms with E-state index in [-0.39, 0.29) is 0 Å². The Balaban J connectivity index is 2.20. The molecule has 0 radical (unpaired) electrons. The summed E-state index contributed by atoms with van der Waals surface area (Å²) < 4.78 is 24.4. The van der Waals surface area contributed by atoms with Crippen LogP contribution < -0.4 is 0 Å². The maximum absolute atomic E-state index is 14.2. The zero-order valence-electron chi connectivity index (χ0n) is 14.4. The number of esters is 2. The number of hydrogen-bond donors (Lipinski definition) is 0. The lowest BCUT2D eigenvalue weighted by Crippen LogP contribution is -2.35. The lowest BCUT2D eigenvalue weighted by atomic mass is 10.0. The van der Waals surface area contributed by atoms with Crippen LogP contribution in [0.4, 0.5) is 4.39 Å². The van der Waals surface area contributed by atoms with E-state index in [0.29, 0.717) is 11.1 Å². The number of rotatable bonds is 5. The molecule has 0 spiro atoms. The van der Waals surface area contributed by atoms with Gasteiger partial charge in [0.1, 0.15) is 5.60 Å². The van der Waals surface area contributed by atoms with Crippen LogP contribution in [0.3, 0.4) is 0 Å². The zero-order chi connectivity index (χ0) is 18.4. The van der Waals surface area contributed by atoms with E-state index in [2.05, 4.69) is 0 Å². The van der Waals surface area contributed by atoms with Gasteiger partial charge in [-0.2, -0.15) is 0 Å². The van der Waals surface area contributed by atoms with Gasteiger partial charge in [-0.1, -0.05) is 60.7 Å². The average molecular weight is 344 g/mol. The molecule has 1 atom stereocenters. The number of ether oxygens (including phenoxy) is 2. The fourth-order valence-corrected chi connectivity index (χ4v) is 2.21. The number of alkyl halides is 1. The summed E-state index contributed by atoms with van der Waals surface area (Å²) >= 11 is 0. The molecule has 0 heterocycles. The van der Waals surface area contributed by atoms with Gasteiger partial charge in [0.05, 0.1) is 0 Å². The van der Waals surface area contributed by atoms with Crippen molar-refractivity contribution < 1.29 is 23.5 Å². The minimum absolute atomic E-state index is 0.679. The van der Waals surface area contributed by atoms with Crippen molar-refractivity contribution in [3.8, 4) is 0 Å². The predicted octanol–water partition coefficient (Wildman–Crippen LogP) is 4.00. The zero-order valence-corrected chi connectivity index (χ0v) is 14.4. The van der Waals surface area contributed by atoms with Crippen LogP contribution in [-0.4, -0.2) is 23.7 Å². The molecule has 0 aliphatic heterocycles. The highest BCUT2D eigenvalue weighted by Crippen LogP contribution is 2.27. The first kappa shape index (κ1) is 18.6. The molecule has 2 aromatic rings. The summed E-state index contributed by atoms with van der Waals surface area (Å²) in [7, 11) is 0. The van der Waals surface area contributed by atoms with Gasteiger partial charge in [-0.15, -0.1) is 0 Å². The van der Waals surface area contributed by atoms with Crippen LogP contribution in [0.2, 0.25) is 0 Å². The molecular weight excluding hydrogens is 323 g/mol. The molecule has 4 nitrogen and oxygen atoms in total. The largest absolute Gasteiger partial charge is 0.457 e. The van der Waals surface area contributed by atoms with Gasteiger partial charge in [0.2, 0.25) is 0 Å². The van der Waals surface area contributed by atoms with Crippen molar-refractivity contribution in [1.29, 1.82) is 0 Å². The topological polar surface area (TPSA) is 52.6 Å². The summed E-state index contributed by atoms with van der Waals surface area (Å²) in [6, 6.07) is 17.9. The minimum atomic E-state index is -2.49. The Labute approximate surface area is 146 Å². The number of carbonyl (C=O) groups is 2. The van der Waals surface area contributed by atoms with Gasteiger partial charge in [0.25, 0.3) is 6.17 Å². The number of carbonyl (C=O) groups excluding carboxylic acids is 2. The Morgan fingerprint density at radius 1 is 0.840 bits per heavy atom. The van der Waals surface area contributed by atoms with E-state index >= 15 is 0 Å². The average Bonchev–Trinajstić information content (AvgIpc) is 2.58. The minimum Gasteiger partial charge on any atom is -0.457 e. The van der Waals surface area contributed by atoms with Gasteiger partial charge >= 0.3 is 11.9 Å². The molecule has 0 saturated carbocycles. The van der Waals surface area contributed by atoms with Gasteiger partial charge < -0.3 is 9.47 Å². The number of hydrogen-bond acceptors (Lipinski definition) is 4. The van der Waals surface area contributed by atoms with Gasteiger partial charge in [0, 0.05) is 0 Å². The molecule has 0 aliphatic rings. The van der Waals surface area contributed by atoms with Crippen LogP contribution in [0.25, 0.3) is 0 Å². The molecule has 0 N–H and O–H groups in total. The van der Waals surface area contributed by atoms with Crippen molar-refractivity contribution in [2.45, 2.75) is 38.6 Å². The fraction of sp³-hybridized carbons (Fsp3) is 0.300. The Hall–Kier alpha value is -2.69. The third kappa shape index (κ3) is 5.41. The normalized spacial score (nSPS) is 12.5. The maximum atomic E-state index is 14.2. The highest BCUT2D eigenvalue weighted by Gasteiger charge is 2.34. The maximum Gasteiger partial charge on any atom is 0.353 e. The van der Waals surface area contributed by atoms with E-state index < -0.39 is 29.8 Å². The van der Waals surface area contributed by atoms with Crippen molar-refractivity contribution in [2.24, 2.45) is 0 Å². The van der Waals surface area contributed by atoms with E-state index in [1.54, 1.807) is 69.3 Å². The second kappa shape index (κ2) is 7.92. The summed E-state index contributed by atoms with van der Waals surface area (Å²) in [4.78, 5) is 23.9. The molecule has 2 rings (SSSR count). The lowest BCUT2D eigenvalue weighted by molar-refractivity contribution is -0.172. The summed E-state index contributed by atoms with van der Waals surface area (Å²) in [5, 5.41) is 0. The molecule has 25 heavy (non-hydrogen) atoms. The molecular formula is C20H21FO4. The Morgan fingerprint density at radius 2 is 1.28 bits per heavy atom. The van der Waals surface area contributed by atoms with E-state index in [9.17, 15) is 14.0 Å². The van der Waals surface area contributed by atoms with Crippen molar-refractivity contribution in [3.05, 3.63) is 71.8 Å². The third-order valence-electron chi connectivity index (χ3n) is 3.26. The summed E-state index contributed by atoms with van der Waals surface area (Å²) in [6.45, 7) is 4.79. The van der Waals surface area contributed by atoms with Gasteiger partial charge in [-0.3, -0.25) is 0 Å². The van der Waals surface area contributed by atoms with E-state index in [1.807, 2.05) is 12.1 Å². The molecule has 0 amide bonds. The molecule has 0 fully saturated rings. The van der Waals surface area contributed by atoms with Gasteiger partial charge in [0.15, 0.2) is 6.10 Å². The van der Waals surface area contributed by atoms with Crippen molar-refractivity contribution >= 4 is 11.9 Å². The molecule has 0 saturated heterocycles. The predicted molar refractivity (Wildman–Crippen MR) is 91.6 cm³/mol. The summed E-state index contributed by atoms with van der Waals surface area (Å²) in [6.07, 6.45) is -3.30. The smallest absolute Gasteiger partial charge is 0.353 e. The number of benzene rings is 2. The molecule has 0 aliphatic carbocycles. The Morgan fingerprint density at radius 3 is 1.68 bits per heavy atom. The van der Waals surface area contributed by atoms with Crippen LogP contribution in [-0.2, 0) is 19.1 Å². The molecule has 1 unspecified atom stereocenters. The van der Waals surface area contributed by atoms with Crippen LogP contribution in [0, 0.1) is 0 Å². The highest BCUT2D eigenvalue weighted by atomic mass is 19.1. The van der Waals surface area contributed by atoms with Crippen LogP contribution in [0.5, 0.6) is 0 Å². The first-order valence-electron chi connectivity index (χ1n) is 7.95. The second-order valence-corrected chi connectivity index (χ2v) is 6.53. The molecule has 2 aromatic carbocycles. The van der Waals surface area contributed by atoms with Crippen LogP contribution >= 0.6 is 0 Å². The molecule has 5 heteroatoms. The Kier molecular flexibility index (Phi) is 5.91. The summed E-state index contributed by atoms with van der Waals surface area (Å²) in [5.41, 5.74) is 0.469. The van der Waals surface area contributed by atoms with Gasteiger partial charge in [-0.25, -0.2) is 14.0 Å². The highest BCUT2D eigenvalue weighted by molar-refractivity contribution is 5.98. The summed E-state index contributed by atoms with van der Waals surface area (Å²) in [5.74, 6) is -2.52. The lowest BCUT2D eigenvalue weighted by Gasteiger charge is -2.22. The first-order valence-corrected chi connectivity index (χ1v) is 7.95. The van der Waals surface area contributed by atoms with Crippen LogP contribution in [0.15, 0.2) is 60.7 Å². The first-order chi connectivity index (χ1) is 11.8. The van der Waals surface area contributed by atoms with Crippen LogP contribution in [0.1, 0.15) is 38.0 Å². The standard InChI is InChI=1S/C20H21FO4/c1-20(2,3)25-19(23)16(21)18(22)24-17(14-10-6-4-7-11-14)15-12-8-5-9-13-15/h4-13,16-17H,1-3H3. The quantitative estimate of drug-likeness (QED) is 0.608. The molecule has 0 aromatic heterocycles. The van der Waals surface area contributed by atoms with E-state index in [4.69, 9.17) is 9.47 Å². The van der Waals surface area contributed by atoms with E-state index in [0.717, 1.165) is 0 Å². The SMILES string of the molecule is CC(C)(C)OC(=O)C(F)C(=O)OC(c1ccccc1)c1ccccc1. The monoisotopic (exact) mass is 344 g/mol. The number of halogens is 1. The molecule has 0 bridgehead atoms.